The molecule has 0 saturated carbocycles. The number of benzene rings is 2. The number of fused-ring (bicyclic) bond motifs is 2. The van der Waals surface area contributed by atoms with E-state index < -0.39 is 18.0 Å². The minimum absolute atomic E-state index is 0.0467. The topological polar surface area (TPSA) is 103 Å². The second-order valence-corrected chi connectivity index (χ2v) is 10.7. The first-order valence-electron chi connectivity index (χ1n) is 14.4. The summed E-state index contributed by atoms with van der Waals surface area (Å²) in [6.07, 6.45) is 6.37. The Labute approximate surface area is 242 Å². The van der Waals surface area contributed by atoms with Gasteiger partial charge in [-0.25, -0.2) is 4.79 Å². The molecule has 2 aliphatic heterocycles. The minimum atomic E-state index is -1.17. The number of likely N-dealkylation sites (N-methyl/N-ethyl adjacent to an activating group) is 1. The fourth-order valence-corrected chi connectivity index (χ4v) is 5.74. The molecule has 3 heterocycles. The quantitative estimate of drug-likeness (QED) is 0.381. The van der Waals surface area contributed by atoms with Crippen LogP contribution in [0.3, 0.4) is 0 Å². The summed E-state index contributed by atoms with van der Waals surface area (Å²) in [7, 11) is 2.15. The van der Waals surface area contributed by atoms with E-state index in [9.17, 15) is 19.8 Å². The molecule has 2 saturated heterocycles. The van der Waals surface area contributed by atoms with Crippen LogP contribution in [0.5, 0.6) is 0 Å². The summed E-state index contributed by atoms with van der Waals surface area (Å²) in [6, 6.07) is 23.2. The lowest BCUT2D eigenvalue weighted by atomic mass is 9.98. The molecule has 2 bridgehead atoms. The Morgan fingerprint density at radius 2 is 1.51 bits per heavy atom. The third kappa shape index (κ3) is 8.00. The summed E-state index contributed by atoms with van der Waals surface area (Å²) in [6.45, 7) is 2.89. The lowest BCUT2D eigenvalue weighted by molar-refractivity contribution is -0.162. The number of rotatable bonds is 9. The molecule has 8 nitrogen and oxygen atoms in total. The van der Waals surface area contributed by atoms with Gasteiger partial charge in [0.15, 0.2) is 6.10 Å². The van der Waals surface area contributed by atoms with Crippen molar-refractivity contribution in [2.75, 3.05) is 20.2 Å². The van der Waals surface area contributed by atoms with E-state index in [1.165, 1.54) is 12.8 Å². The number of aromatic nitrogens is 1. The van der Waals surface area contributed by atoms with Gasteiger partial charge in [0.05, 0.1) is 12.5 Å². The molecule has 1 aromatic heterocycles. The van der Waals surface area contributed by atoms with Gasteiger partial charge in [-0.05, 0) is 68.5 Å². The van der Waals surface area contributed by atoms with Crippen LogP contribution in [0.25, 0.3) is 0 Å². The maximum Gasteiger partial charge on any atom is 0.339 e. The standard InChI is InChI=1S/C17H20N2O2.C16H21NO3/c1-2-19(12-14-8-10-18-11-9-14)17(21)16(13-20)15-6-4-3-5-7-15;1-17-12-7-8-13(17)10-14(9-12)20-16(19)15(18)11-5-3-2-4-6-11/h3-11,16,20H,2,12-13H2,1H3;2-6,12-15,18H,7-10H2,1H3/t;12-,13+,14?,15?. The second kappa shape index (κ2) is 14.9. The molecular formula is C33H41N3O5. The first-order valence-corrected chi connectivity index (χ1v) is 14.4. The van der Waals surface area contributed by atoms with E-state index in [4.69, 9.17) is 4.74 Å². The van der Waals surface area contributed by atoms with Gasteiger partial charge in [0.1, 0.15) is 6.10 Å². The zero-order chi connectivity index (χ0) is 29.2. The van der Waals surface area contributed by atoms with E-state index >= 15 is 0 Å². The number of nitrogens with zero attached hydrogens (tertiary/aromatic N) is 3. The number of aliphatic hydroxyl groups excluding tert-OH is 2. The fraction of sp³-hybridized carbons (Fsp3) is 0.424. The maximum absolute atomic E-state index is 12.7. The molecule has 2 N–H and O–H groups in total. The second-order valence-electron chi connectivity index (χ2n) is 10.7. The molecule has 5 atom stereocenters. The van der Waals surface area contributed by atoms with Crippen LogP contribution in [0.2, 0.25) is 0 Å². The Hall–Kier alpha value is -3.59. The Kier molecular flexibility index (Phi) is 11.0. The maximum atomic E-state index is 12.7. The van der Waals surface area contributed by atoms with Crippen LogP contribution in [0.15, 0.2) is 85.2 Å². The van der Waals surface area contributed by atoms with Crippen molar-refractivity contribution in [3.8, 4) is 0 Å². The largest absolute Gasteiger partial charge is 0.460 e. The summed E-state index contributed by atoms with van der Waals surface area (Å²) in [5.74, 6) is -1.08. The summed E-state index contributed by atoms with van der Waals surface area (Å²) >= 11 is 0. The monoisotopic (exact) mass is 559 g/mol. The third-order valence-corrected chi connectivity index (χ3v) is 8.18. The molecule has 0 spiro atoms. The van der Waals surface area contributed by atoms with Crippen LogP contribution in [-0.4, -0.2) is 75.3 Å². The van der Waals surface area contributed by atoms with Crippen LogP contribution < -0.4 is 0 Å². The smallest absolute Gasteiger partial charge is 0.339 e. The molecule has 5 rings (SSSR count). The van der Waals surface area contributed by atoms with Gasteiger partial charge in [0.2, 0.25) is 5.91 Å². The Bertz CT molecular complexity index is 1210. The van der Waals surface area contributed by atoms with Crippen LogP contribution in [0, 0.1) is 0 Å². The number of esters is 1. The number of carbonyl (C=O) groups is 2. The predicted molar refractivity (Wildman–Crippen MR) is 157 cm³/mol. The van der Waals surface area contributed by atoms with Crippen molar-refractivity contribution in [3.05, 3.63) is 102 Å². The van der Waals surface area contributed by atoms with Crippen molar-refractivity contribution < 1.29 is 24.5 Å². The molecule has 3 aromatic rings. The zero-order valence-corrected chi connectivity index (χ0v) is 23.9. The van der Waals surface area contributed by atoms with Crippen LogP contribution in [0.4, 0.5) is 0 Å². The van der Waals surface area contributed by atoms with E-state index in [2.05, 4.69) is 16.9 Å². The van der Waals surface area contributed by atoms with Crippen molar-refractivity contribution in [1.82, 2.24) is 14.8 Å². The van der Waals surface area contributed by atoms with Crippen LogP contribution >= 0.6 is 0 Å². The molecule has 1 amide bonds. The van der Waals surface area contributed by atoms with Gasteiger partial charge in [0.25, 0.3) is 0 Å². The number of carbonyl (C=O) groups excluding carboxylic acids is 2. The highest BCUT2D eigenvalue weighted by atomic mass is 16.6. The highest BCUT2D eigenvalue weighted by Crippen LogP contribution is 2.36. The molecule has 8 heteroatoms. The van der Waals surface area contributed by atoms with E-state index in [0.717, 1.165) is 24.0 Å². The number of aliphatic hydroxyl groups is 2. The number of ether oxygens (including phenoxy) is 1. The number of amides is 1. The Morgan fingerprint density at radius 3 is 2.05 bits per heavy atom. The average Bonchev–Trinajstić information content (AvgIpc) is 3.21. The number of hydrogen-bond acceptors (Lipinski definition) is 7. The lowest BCUT2D eigenvalue weighted by Gasteiger charge is -2.36. The molecule has 218 valence electrons. The minimum Gasteiger partial charge on any atom is -0.460 e. The van der Waals surface area contributed by atoms with Gasteiger partial charge in [0, 0.05) is 37.6 Å². The highest BCUT2D eigenvalue weighted by molar-refractivity contribution is 5.84. The number of hydrogen-bond donors (Lipinski definition) is 2. The van der Waals surface area contributed by atoms with Crippen molar-refractivity contribution in [2.24, 2.45) is 0 Å². The molecule has 3 unspecified atom stereocenters. The van der Waals surface area contributed by atoms with Gasteiger partial charge < -0.3 is 24.7 Å². The molecule has 2 aliphatic rings. The van der Waals surface area contributed by atoms with E-state index in [1.54, 1.807) is 29.4 Å². The lowest BCUT2D eigenvalue weighted by Crippen LogP contribution is -2.43. The molecule has 0 radical (unpaired) electrons. The van der Waals surface area contributed by atoms with Gasteiger partial charge in [-0.2, -0.15) is 0 Å². The average molecular weight is 560 g/mol. The van der Waals surface area contributed by atoms with Crippen molar-refractivity contribution in [3.63, 3.8) is 0 Å². The van der Waals surface area contributed by atoms with E-state index in [0.29, 0.717) is 30.7 Å². The van der Waals surface area contributed by atoms with Crippen molar-refractivity contribution in [1.29, 1.82) is 0 Å². The van der Waals surface area contributed by atoms with E-state index in [1.807, 2.05) is 67.6 Å². The van der Waals surface area contributed by atoms with Crippen LogP contribution in [-0.2, 0) is 20.9 Å². The molecule has 41 heavy (non-hydrogen) atoms. The van der Waals surface area contributed by atoms with Crippen LogP contribution in [0.1, 0.15) is 61.3 Å². The molecule has 2 fully saturated rings. The van der Waals surface area contributed by atoms with Gasteiger partial charge in [-0.15, -0.1) is 0 Å². The molecule has 2 aromatic carbocycles. The first kappa shape index (κ1) is 30.4. The summed E-state index contributed by atoms with van der Waals surface area (Å²) in [4.78, 5) is 32.8. The normalized spacial score (nSPS) is 21.2. The predicted octanol–water partition coefficient (Wildman–Crippen LogP) is 4.09. The summed E-state index contributed by atoms with van der Waals surface area (Å²) < 4.78 is 5.52. The Balaban J connectivity index is 0.000000189. The van der Waals surface area contributed by atoms with E-state index in [-0.39, 0.29) is 18.6 Å². The zero-order valence-electron chi connectivity index (χ0n) is 23.9. The fourth-order valence-electron chi connectivity index (χ4n) is 5.74. The number of piperidine rings is 1. The van der Waals surface area contributed by atoms with Gasteiger partial charge in [-0.3, -0.25) is 9.78 Å². The first-order chi connectivity index (χ1) is 19.9. The third-order valence-electron chi connectivity index (χ3n) is 8.18. The van der Waals surface area contributed by atoms with Gasteiger partial charge in [-0.1, -0.05) is 60.7 Å². The molecular weight excluding hydrogens is 518 g/mol. The number of pyridine rings is 1. The van der Waals surface area contributed by atoms with Crippen molar-refractivity contribution in [2.45, 2.75) is 69.4 Å². The highest BCUT2D eigenvalue weighted by Gasteiger charge is 2.40. The molecule has 0 aliphatic carbocycles. The summed E-state index contributed by atoms with van der Waals surface area (Å²) in [5.41, 5.74) is 2.47. The van der Waals surface area contributed by atoms with Crippen molar-refractivity contribution >= 4 is 11.9 Å². The summed E-state index contributed by atoms with van der Waals surface area (Å²) in [5, 5.41) is 19.6. The SMILES string of the molecule is CCN(Cc1ccncc1)C(=O)C(CO)c1ccccc1.CN1[C@@H]2CC[C@H]1CC(OC(=O)C(O)c1ccccc1)C2. The van der Waals surface area contributed by atoms with Gasteiger partial charge >= 0.3 is 5.97 Å². The Morgan fingerprint density at radius 1 is 0.951 bits per heavy atom.